The van der Waals surface area contributed by atoms with Crippen LogP contribution in [0.25, 0.3) is 0 Å². The number of hydrogen-bond acceptors (Lipinski definition) is 2. The molecule has 0 aromatic heterocycles. The summed E-state index contributed by atoms with van der Waals surface area (Å²) in [4.78, 5) is 14.9. The minimum Gasteiger partial charge on any atom is -0.387 e. The summed E-state index contributed by atoms with van der Waals surface area (Å²) < 4.78 is 0. The van der Waals surface area contributed by atoms with Crippen LogP contribution in [0.2, 0.25) is 5.02 Å². The van der Waals surface area contributed by atoms with Crippen molar-refractivity contribution in [2.24, 2.45) is 5.92 Å². The summed E-state index contributed by atoms with van der Waals surface area (Å²) in [7, 11) is 1.84. The van der Waals surface area contributed by atoms with Crippen LogP contribution in [0.3, 0.4) is 0 Å². The molecule has 2 atom stereocenters. The van der Waals surface area contributed by atoms with Gasteiger partial charge in [0.05, 0.1) is 5.56 Å². The molecule has 1 aromatic rings. The number of carbonyl (C=O) groups is 1. The van der Waals surface area contributed by atoms with E-state index < -0.39 is 0 Å². The lowest BCUT2D eigenvalue weighted by atomic mass is 9.85. The van der Waals surface area contributed by atoms with Crippen molar-refractivity contribution in [2.75, 3.05) is 18.9 Å². The second kappa shape index (κ2) is 5.65. The zero-order chi connectivity index (χ0) is 14.1. The van der Waals surface area contributed by atoms with E-state index in [9.17, 15) is 4.79 Å². The van der Waals surface area contributed by atoms with Gasteiger partial charge in [0.15, 0.2) is 0 Å². The van der Waals surface area contributed by atoms with Crippen LogP contribution < -0.4 is 5.32 Å². The third kappa shape index (κ3) is 2.39. The van der Waals surface area contributed by atoms with Crippen LogP contribution in [-0.4, -0.2) is 30.4 Å². The van der Waals surface area contributed by atoms with Crippen molar-refractivity contribution in [1.29, 1.82) is 0 Å². The number of anilines is 1. The molecule has 20 heavy (non-hydrogen) atoms. The average Bonchev–Trinajstić information content (AvgIpc) is 2.90. The molecule has 108 valence electrons. The van der Waals surface area contributed by atoms with Crippen LogP contribution in [-0.2, 0) is 0 Å². The van der Waals surface area contributed by atoms with E-state index in [1.54, 1.807) is 6.07 Å². The van der Waals surface area contributed by atoms with E-state index in [1.807, 2.05) is 19.2 Å². The van der Waals surface area contributed by atoms with Crippen molar-refractivity contribution in [3.05, 3.63) is 28.8 Å². The summed E-state index contributed by atoms with van der Waals surface area (Å²) in [5.74, 6) is 0.844. The van der Waals surface area contributed by atoms with Crippen molar-refractivity contribution in [3.63, 3.8) is 0 Å². The van der Waals surface area contributed by atoms with Crippen LogP contribution in [0.1, 0.15) is 42.5 Å². The van der Waals surface area contributed by atoms with Gasteiger partial charge in [-0.15, -0.1) is 0 Å². The number of hydrogen-bond donors (Lipinski definition) is 1. The molecule has 1 saturated carbocycles. The van der Waals surface area contributed by atoms with Gasteiger partial charge in [0.1, 0.15) is 0 Å². The summed E-state index contributed by atoms with van der Waals surface area (Å²) in [6.45, 7) is 0.893. The zero-order valence-electron chi connectivity index (χ0n) is 11.9. The number of nitrogens with zero attached hydrogens (tertiary/aromatic N) is 1. The first kappa shape index (κ1) is 13.7. The largest absolute Gasteiger partial charge is 0.387 e. The molecule has 1 amide bonds. The van der Waals surface area contributed by atoms with Gasteiger partial charge in [-0.1, -0.05) is 24.4 Å². The third-order valence-electron chi connectivity index (χ3n) is 4.75. The highest BCUT2D eigenvalue weighted by atomic mass is 35.5. The molecule has 1 aromatic carbocycles. The van der Waals surface area contributed by atoms with Crippen molar-refractivity contribution >= 4 is 23.2 Å². The summed E-state index contributed by atoms with van der Waals surface area (Å²) in [6, 6.07) is 5.92. The zero-order valence-corrected chi connectivity index (χ0v) is 12.6. The number of amides is 1. The predicted molar refractivity (Wildman–Crippen MR) is 82.4 cm³/mol. The molecule has 1 N–H and O–H groups in total. The minimum absolute atomic E-state index is 0.131. The second-order valence-electron chi connectivity index (χ2n) is 5.84. The molecule has 3 nitrogen and oxygen atoms in total. The van der Waals surface area contributed by atoms with Gasteiger partial charge in [-0.25, -0.2) is 0 Å². The topological polar surface area (TPSA) is 32.3 Å². The maximum absolute atomic E-state index is 12.9. The molecule has 0 radical (unpaired) electrons. The first-order valence-corrected chi connectivity index (χ1v) is 7.87. The van der Waals surface area contributed by atoms with E-state index >= 15 is 0 Å². The molecule has 2 unspecified atom stereocenters. The Hall–Kier alpha value is -1.22. The van der Waals surface area contributed by atoms with E-state index in [0.717, 1.165) is 25.1 Å². The smallest absolute Gasteiger partial charge is 0.256 e. The third-order valence-corrected chi connectivity index (χ3v) is 4.99. The molecular weight excluding hydrogens is 272 g/mol. The van der Waals surface area contributed by atoms with Crippen LogP contribution in [0.15, 0.2) is 18.2 Å². The fourth-order valence-corrected chi connectivity index (χ4v) is 3.90. The van der Waals surface area contributed by atoms with Gasteiger partial charge in [-0.3, -0.25) is 4.79 Å². The Morgan fingerprint density at radius 2 is 2.10 bits per heavy atom. The number of fused-ring (bicyclic) bond motifs is 1. The molecular formula is C16H21ClN2O. The fraction of sp³-hybridized carbons (Fsp3) is 0.562. The first-order chi connectivity index (χ1) is 9.70. The molecule has 1 saturated heterocycles. The van der Waals surface area contributed by atoms with Crippen LogP contribution in [0.5, 0.6) is 0 Å². The Bertz CT molecular complexity index is 517. The lowest BCUT2D eigenvalue weighted by molar-refractivity contribution is 0.0691. The Kier molecular flexibility index (Phi) is 3.88. The van der Waals surface area contributed by atoms with Crippen molar-refractivity contribution in [3.8, 4) is 0 Å². The number of benzene rings is 1. The van der Waals surface area contributed by atoms with Gasteiger partial charge in [-0.2, -0.15) is 0 Å². The maximum atomic E-state index is 12.9. The van der Waals surface area contributed by atoms with Gasteiger partial charge in [-0.05, 0) is 43.4 Å². The molecule has 1 aliphatic carbocycles. The molecule has 0 bridgehead atoms. The summed E-state index contributed by atoms with van der Waals surface area (Å²) in [5.41, 5.74) is 1.56. The minimum atomic E-state index is 0.131. The lowest BCUT2D eigenvalue weighted by Crippen LogP contribution is -2.39. The van der Waals surface area contributed by atoms with E-state index in [2.05, 4.69) is 10.2 Å². The van der Waals surface area contributed by atoms with Gasteiger partial charge >= 0.3 is 0 Å². The van der Waals surface area contributed by atoms with E-state index in [0.29, 0.717) is 22.5 Å². The summed E-state index contributed by atoms with van der Waals surface area (Å²) >= 11 is 6.06. The highest BCUT2D eigenvalue weighted by Crippen LogP contribution is 2.37. The quantitative estimate of drug-likeness (QED) is 0.899. The van der Waals surface area contributed by atoms with Crippen LogP contribution in [0, 0.1) is 5.92 Å². The number of carbonyl (C=O) groups excluding carboxylic acids is 1. The van der Waals surface area contributed by atoms with Gasteiger partial charge in [0.2, 0.25) is 0 Å². The lowest BCUT2D eigenvalue weighted by Gasteiger charge is -2.32. The fourth-order valence-electron chi connectivity index (χ4n) is 3.72. The van der Waals surface area contributed by atoms with Crippen molar-refractivity contribution < 1.29 is 4.79 Å². The predicted octanol–water partition coefficient (Wildman–Crippen LogP) is 3.79. The Labute approximate surface area is 125 Å². The SMILES string of the molecule is CNc1ccc(Cl)cc1C(=O)N1CCC2CCCCC21. The van der Waals surface area contributed by atoms with Gasteiger partial charge < -0.3 is 10.2 Å². The Morgan fingerprint density at radius 3 is 2.90 bits per heavy atom. The normalized spacial score (nSPS) is 25.4. The average molecular weight is 293 g/mol. The van der Waals surface area contributed by atoms with E-state index in [1.165, 1.54) is 19.3 Å². The molecule has 4 heteroatoms. The van der Waals surface area contributed by atoms with Crippen LogP contribution in [0.4, 0.5) is 5.69 Å². The monoisotopic (exact) mass is 292 g/mol. The number of nitrogens with one attached hydrogen (secondary N) is 1. The molecule has 1 heterocycles. The summed E-state index contributed by atoms with van der Waals surface area (Å²) in [6.07, 6.45) is 6.17. The van der Waals surface area contributed by atoms with E-state index in [-0.39, 0.29) is 5.91 Å². The second-order valence-corrected chi connectivity index (χ2v) is 6.28. The Balaban J connectivity index is 1.87. The van der Waals surface area contributed by atoms with Crippen LogP contribution >= 0.6 is 11.6 Å². The first-order valence-electron chi connectivity index (χ1n) is 7.49. The molecule has 2 fully saturated rings. The number of likely N-dealkylation sites (tertiary alicyclic amines) is 1. The highest BCUT2D eigenvalue weighted by molar-refractivity contribution is 6.31. The highest BCUT2D eigenvalue weighted by Gasteiger charge is 2.38. The van der Waals surface area contributed by atoms with Crippen molar-refractivity contribution in [2.45, 2.75) is 38.1 Å². The maximum Gasteiger partial charge on any atom is 0.256 e. The van der Waals surface area contributed by atoms with E-state index in [4.69, 9.17) is 11.6 Å². The molecule has 0 spiro atoms. The summed E-state index contributed by atoms with van der Waals surface area (Å²) in [5, 5.41) is 3.71. The number of rotatable bonds is 2. The Morgan fingerprint density at radius 1 is 1.30 bits per heavy atom. The van der Waals surface area contributed by atoms with Crippen molar-refractivity contribution in [1.82, 2.24) is 4.90 Å². The van der Waals surface area contributed by atoms with Gasteiger partial charge in [0.25, 0.3) is 5.91 Å². The molecule has 1 aliphatic heterocycles. The molecule has 2 aliphatic rings. The van der Waals surface area contributed by atoms with Gasteiger partial charge in [0, 0.05) is 30.3 Å². The number of halogens is 1. The molecule has 3 rings (SSSR count). The standard InChI is InChI=1S/C16H21ClN2O/c1-18-14-7-6-12(17)10-13(14)16(20)19-9-8-11-4-2-3-5-15(11)19/h6-7,10-11,15,18H,2-5,8-9H2,1H3.